The number of rotatable bonds is 5. The van der Waals surface area contributed by atoms with E-state index >= 15 is 0 Å². The highest BCUT2D eigenvalue weighted by atomic mass is 35.5. The second-order valence-corrected chi connectivity index (χ2v) is 6.90. The lowest BCUT2D eigenvalue weighted by molar-refractivity contribution is 0.101. The molecule has 3 aromatic carbocycles. The third-order valence-corrected chi connectivity index (χ3v) is 4.77. The van der Waals surface area contributed by atoms with E-state index in [2.05, 4.69) is 10.4 Å². The number of carbonyl (C=O) groups excluding carboxylic acids is 1. The average Bonchev–Trinajstić information content (AvgIpc) is 3.21. The zero-order valence-corrected chi connectivity index (χ0v) is 16.7. The van der Waals surface area contributed by atoms with E-state index in [4.69, 9.17) is 16.3 Å². The van der Waals surface area contributed by atoms with Crippen LogP contribution in [0.1, 0.15) is 10.5 Å². The van der Waals surface area contributed by atoms with Crippen LogP contribution in [0.2, 0.25) is 5.02 Å². The standard InChI is InChI=1S/C23H17ClFN3O2/c1-30-18-12-6-15(7-13-18)21-14-22(23(29)26-20-5-3-2-4-19(20)25)28(27-21)17-10-8-16(24)9-11-17/h2-14H,1H3,(H,26,29). The summed E-state index contributed by atoms with van der Waals surface area (Å²) in [6.07, 6.45) is 0. The summed E-state index contributed by atoms with van der Waals surface area (Å²) in [6.45, 7) is 0. The van der Waals surface area contributed by atoms with Crippen LogP contribution in [0.3, 0.4) is 0 Å². The molecule has 30 heavy (non-hydrogen) atoms. The molecule has 1 N–H and O–H groups in total. The largest absolute Gasteiger partial charge is 0.497 e. The third kappa shape index (κ3) is 4.04. The number of methoxy groups -OCH3 is 1. The molecule has 0 saturated heterocycles. The Balaban J connectivity index is 1.76. The van der Waals surface area contributed by atoms with E-state index in [1.165, 1.54) is 16.8 Å². The van der Waals surface area contributed by atoms with Gasteiger partial charge in [-0.3, -0.25) is 4.79 Å². The van der Waals surface area contributed by atoms with Crippen molar-refractivity contribution < 1.29 is 13.9 Å². The van der Waals surface area contributed by atoms with E-state index in [9.17, 15) is 9.18 Å². The van der Waals surface area contributed by atoms with Crippen molar-refractivity contribution in [2.75, 3.05) is 12.4 Å². The zero-order valence-electron chi connectivity index (χ0n) is 16.0. The summed E-state index contributed by atoms with van der Waals surface area (Å²) in [4.78, 5) is 13.0. The Kier molecular flexibility index (Phi) is 5.50. The number of ether oxygens (including phenoxy) is 1. The van der Waals surface area contributed by atoms with Gasteiger partial charge in [-0.25, -0.2) is 9.07 Å². The van der Waals surface area contributed by atoms with Crippen molar-refractivity contribution in [2.24, 2.45) is 0 Å². The normalized spacial score (nSPS) is 10.6. The number of nitrogens with one attached hydrogen (secondary N) is 1. The van der Waals surface area contributed by atoms with E-state index in [1.54, 1.807) is 49.6 Å². The Morgan fingerprint density at radius 3 is 2.40 bits per heavy atom. The maximum Gasteiger partial charge on any atom is 0.274 e. The van der Waals surface area contributed by atoms with Gasteiger partial charge in [0.2, 0.25) is 0 Å². The average molecular weight is 422 g/mol. The highest BCUT2D eigenvalue weighted by Gasteiger charge is 2.19. The molecule has 0 spiro atoms. The van der Waals surface area contributed by atoms with Crippen molar-refractivity contribution in [1.29, 1.82) is 0 Å². The second kappa shape index (κ2) is 8.39. The predicted molar refractivity (Wildman–Crippen MR) is 115 cm³/mol. The van der Waals surface area contributed by atoms with Gasteiger partial charge in [-0.1, -0.05) is 23.7 Å². The van der Waals surface area contributed by atoms with Crippen LogP contribution >= 0.6 is 11.6 Å². The van der Waals surface area contributed by atoms with Crippen molar-refractivity contribution in [3.63, 3.8) is 0 Å². The molecule has 5 nitrogen and oxygen atoms in total. The van der Waals surface area contributed by atoms with Gasteiger partial charge in [0.05, 0.1) is 24.2 Å². The Morgan fingerprint density at radius 1 is 1.03 bits per heavy atom. The highest BCUT2D eigenvalue weighted by Crippen LogP contribution is 2.25. The molecule has 0 aliphatic carbocycles. The molecule has 0 bridgehead atoms. The van der Waals surface area contributed by atoms with E-state index in [0.717, 1.165) is 5.56 Å². The number of para-hydroxylation sites is 1. The first-order chi connectivity index (χ1) is 14.5. The minimum atomic E-state index is -0.515. The van der Waals surface area contributed by atoms with Crippen LogP contribution in [0.15, 0.2) is 78.9 Å². The predicted octanol–water partition coefficient (Wildman–Crippen LogP) is 5.59. The fourth-order valence-corrected chi connectivity index (χ4v) is 3.10. The molecule has 1 amide bonds. The minimum absolute atomic E-state index is 0.0948. The first kappa shape index (κ1) is 19.7. The Labute approximate surface area is 177 Å². The molecular weight excluding hydrogens is 405 g/mol. The second-order valence-electron chi connectivity index (χ2n) is 6.47. The number of nitrogens with zero attached hydrogens (tertiary/aromatic N) is 2. The first-order valence-corrected chi connectivity index (χ1v) is 9.49. The maximum absolute atomic E-state index is 14.0. The van der Waals surface area contributed by atoms with Crippen LogP contribution < -0.4 is 10.1 Å². The fraction of sp³-hybridized carbons (Fsp3) is 0.0435. The van der Waals surface area contributed by atoms with Crippen LogP contribution in [-0.2, 0) is 0 Å². The molecule has 1 aromatic heterocycles. The summed E-state index contributed by atoms with van der Waals surface area (Å²) in [7, 11) is 1.59. The zero-order chi connectivity index (χ0) is 21.1. The smallest absolute Gasteiger partial charge is 0.274 e. The highest BCUT2D eigenvalue weighted by molar-refractivity contribution is 6.30. The minimum Gasteiger partial charge on any atom is -0.497 e. The SMILES string of the molecule is COc1ccc(-c2cc(C(=O)Nc3ccccc3F)n(-c3ccc(Cl)cc3)n2)cc1. The molecule has 0 radical (unpaired) electrons. The molecule has 7 heteroatoms. The van der Waals surface area contributed by atoms with Crippen LogP contribution in [0.5, 0.6) is 5.75 Å². The molecule has 0 atom stereocenters. The van der Waals surface area contributed by atoms with Gasteiger partial charge in [0.25, 0.3) is 5.91 Å². The molecule has 0 aliphatic rings. The monoisotopic (exact) mass is 421 g/mol. The number of hydrogen-bond donors (Lipinski definition) is 1. The lowest BCUT2D eigenvalue weighted by atomic mass is 10.1. The van der Waals surface area contributed by atoms with Crippen molar-refractivity contribution in [3.05, 3.63) is 95.4 Å². The number of halogens is 2. The van der Waals surface area contributed by atoms with E-state index in [1.807, 2.05) is 24.3 Å². The topological polar surface area (TPSA) is 56.1 Å². The van der Waals surface area contributed by atoms with Crippen molar-refractivity contribution in [1.82, 2.24) is 9.78 Å². The fourth-order valence-electron chi connectivity index (χ4n) is 2.97. The van der Waals surface area contributed by atoms with Crippen LogP contribution in [0.25, 0.3) is 16.9 Å². The van der Waals surface area contributed by atoms with Crippen LogP contribution in [0, 0.1) is 5.82 Å². The molecule has 150 valence electrons. The summed E-state index contributed by atoms with van der Waals surface area (Å²) in [6, 6.07) is 21.9. The molecule has 0 unspecified atom stereocenters. The van der Waals surface area contributed by atoms with Gasteiger partial charge < -0.3 is 10.1 Å². The van der Waals surface area contributed by atoms with Gasteiger partial charge >= 0.3 is 0 Å². The van der Waals surface area contributed by atoms with Crippen molar-refractivity contribution in [2.45, 2.75) is 0 Å². The van der Waals surface area contributed by atoms with Gasteiger partial charge in [-0.2, -0.15) is 5.10 Å². The van der Waals surface area contributed by atoms with Gasteiger partial charge in [0.15, 0.2) is 0 Å². The molecule has 1 heterocycles. The number of benzene rings is 3. The number of anilines is 1. The lowest BCUT2D eigenvalue weighted by Gasteiger charge is -2.09. The Morgan fingerprint density at radius 2 is 1.73 bits per heavy atom. The molecule has 0 fully saturated rings. The van der Waals surface area contributed by atoms with Gasteiger partial charge in [-0.15, -0.1) is 0 Å². The summed E-state index contributed by atoms with van der Waals surface area (Å²) in [5, 5.41) is 7.78. The quantitative estimate of drug-likeness (QED) is 0.456. The number of amides is 1. The van der Waals surface area contributed by atoms with Crippen molar-refractivity contribution in [3.8, 4) is 22.7 Å². The van der Waals surface area contributed by atoms with Gasteiger partial charge in [-0.05, 0) is 66.7 Å². The molecule has 0 aliphatic heterocycles. The maximum atomic E-state index is 14.0. The first-order valence-electron chi connectivity index (χ1n) is 9.11. The number of aromatic nitrogens is 2. The molecule has 4 aromatic rings. The third-order valence-electron chi connectivity index (χ3n) is 4.52. The van der Waals surface area contributed by atoms with Crippen LogP contribution in [0.4, 0.5) is 10.1 Å². The summed E-state index contributed by atoms with van der Waals surface area (Å²) in [5.41, 5.74) is 2.40. The molecule has 0 saturated carbocycles. The molecular formula is C23H17ClFN3O2. The summed E-state index contributed by atoms with van der Waals surface area (Å²) in [5.74, 6) is -0.283. The summed E-state index contributed by atoms with van der Waals surface area (Å²) >= 11 is 5.99. The van der Waals surface area contributed by atoms with Crippen LogP contribution in [-0.4, -0.2) is 22.8 Å². The van der Waals surface area contributed by atoms with E-state index in [0.29, 0.717) is 22.2 Å². The van der Waals surface area contributed by atoms with E-state index < -0.39 is 11.7 Å². The summed E-state index contributed by atoms with van der Waals surface area (Å²) < 4.78 is 20.7. The van der Waals surface area contributed by atoms with Gasteiger partial charge in [0, 0.05) is 10.6 Å². The number of hydrogen-bond acceptors (Lipinski definition) is 3. The number of carbonyl (C=O) groups is 1. The Hall–Kier alpha value is -3.64. The lowest BCUT2D eigenvalue weighted by Crippen LogP contribution is -2.17. The molecule has 4 rings (SSSR count). The van der Waals surface area contributed by atoms with E-state index in [-0.39, 0.29) is 11.4 Å². The van der Waals surface area contributed by atoms with Crippen molar-refractivity contribution >= 4 is 23.2 Å². The van der Waals surface area contributed by atoms with Gasteiger partial charge in [0.1, 0.15) is 17.3 Å². The Bertz CT molecular complexity index is 1190.